The quantitative estimate of drug-likeness (QED) is 0.747. The summed E-state index contributed by atoms with van der Waals surface area (Å²) in [5, 5.41) is 2.48. The Bertz CT molecular complexity index is 471. The molecule has 6 nitrogen and oxygen atoms in total. The first-order valence-electron chi connectivity index (χ1n) is 5.59. The van der Waals surface area contributed by atoms with Crippen LogP contribution in [0.3, 0.4) is 0 Å². The lowest BCUT2D eigenvalue weighted by Crippen LogP contribution is -2.30. The van der Waals surface area contributed by atoms with Gasteiger partial charge in [-0.05, 0) is 11.6 Å². The van der Waals surface area contributed by atoms with Crippen molar-refractivity contribution in [2.75, 3.05) is 13.7 Å². The van der Waals surface area contributed by atoms with Gasteiger partial charge in [0.25, 0.3) is 0 Å². The van der Waals surface area contributed by atoms with E-state index in [2.05, 4.69) is 5.32 Å². The fourth-order valence-corrected chi connectivity index (χ4v) is 1.85. The minimum Gasteiger partial charge on any atom is -0.496 e. The Morgan fingerprint density at radius 2 is 2.22 bits per heavy atom. The van der Waals surface area contributed by atoms with Crippen molar-refractivity contribution in [3.8, 4) is 5.75 Å². The SMILES string of the molecule is COc1cc(CN2C(=O)CNC2=O)ccc1CN. The van der Waals surface area contributed by atoms with Crippen LogP contribution in [0.4, 0.5) is 4.79 Å². The molecule has 1 aromatic rings. The fourth-order valence-electron chi connectivity index (χ4n) is 1.85. The summed E-state index contributed by atoms with van der Waals surface area (Å²) < 4.78 is 5.21. The number of nitrogens with one attached hydrogen (secondary N) is 1. The third-order valence-electron chi connectivity index (χ3n) is 2.85. The minimum atomic E-state index is -0.359. The van der Waals surface area contributed by atoms with Crippen LogP contribution in [-0.2, 0) is 17.9 Å². The summed E-state index contributed by atoms with van der Waals surface area (Å²) in [5.41, 5.74) is 7.29. The van der Waals surface area contributed by atoms with Gasteiger partial charge in [-0.2, -0.15) is 0 Å². The fraction of sp³-hybridized carbons (Fsp3) is 0.333. The molecule has 1 aliphatic rings. The van der Waals surface area contributed by atoms with Crippen molar-refractivity contribution in [1.82, 2.24) is 10.2 Å². The van der Waals surface area contributed by atoms with Crippen LogP contribution >= 0.6 is 0 Å². The normalized spacial score (nSPS) is 14.9. The number of methoxy groups -OCH3 is 1. The van der Waals surface area contributed by atoms with Gasteiger partial charge < -0.3 is 15.8 Å². The molecule has 0 spiro atoms. The molecule has 1 fully saturated rings. The Morgan fingerprint density at radius 3 is 2.78 bits per heavy atom. The topological polar surface area (TPSA) is 84.7 Å². The van der Waals surface area contributed by atoms with Crippen LogP contribution in [0, 0.1) is 0 Å². The number of rotatable bonds is 4. The summed E-state index contributed by atoms with van der Waals surface area (Å²) in [6, 6.07) is 5.11. The van der Waals surface area contributed by atoms with E-state index in [1.165, 1.54) is 4.90 Å². The van der Waals surface area contributed by atoms with E-state index in [4.69, 9.17) is 10.5 Å². The lowest BCUT2D eigenvalue weighted by Gasteiger charge is -2.14. The number of amides is 3. The summed E-state index contributed by atoms with van der Waals surface area (Å²) >= 11 is 0. The first-order chi connectivity index (χ1) is 8.65. The lowest BCUT2D eigenvalue weighted by atomic mass is 10.1. The van der Waals surface area contributed by atoms with Crippen molar-refractivity contribution in [2.45, 2.75) is 13.1 Å². The number of carbonyl (C=O) groups excluding carboxylic acids is 2. The molecule has 0 saturated carbocycles. The Kier molecular flexibility index (Phi) is 3.47. The lowest BCUT2D eigenvalue weighted by molar-refractivity contribution is -0.125. The maximum absolute atomic E-state index is 11.5. The Morgan fingerprint density at radius 1 is 1.44 bits per heavy atom. The molecule has 96 valence electrons. The Labute approximate surface area is 105 Å². The predicted molar refractivity (Wildman–Crippen MR) is 64.8 cm³/mol. The van der Waals surface area contributed by atoms with Gasteiger partial charge >= 0.3 is 6.03 Å². The molecule has 0 aliphatic carbocycles. The van der Waals surface area contributed by atoms with Crippen molar-refractivity contribution >= 4 is 11.9 Å². The van der Waals surface area contributed by atoms with Crippen LogP contribution in [0.15, 0.2) is 18.2 Å². The second kappa shape index (κ2) is 5.05. The van der Waals surface area contributed by atoms with Crippen LogP contribution in [0.1, 0.15) is 11.1 Å². The standard InChI is InChI=1S/C12H15N3O3/c1-18-10-4-8(2-3-9(10)5-13)7-15-11(16)6-14-12(15)17/h2-4H,5-7,13H2,1H3,(H,14,17). The Balaban J connectivity index is 2.19. The van der Waals surface area contributed by atoms with Gasteiger partial charge in [0.2, 0.25) is 5.91 Å². The number of carbonyl (C=O) groups is 2. The van der Waals surface area contributed by atoms with Crippen LogP contribution < -0.4 is 15.8 Å². The third kappa shape index (κ3) is 2.28. The van der Waals surface area contributed by atoms with Gasteiger partial charge in [0.05, 0.1) is 20.2 Å². The molecule has 18 heavy (non-hydrogen) atoms. The molecule has 3 amide bonds. The average molecular weight is 249 g/mol. The zero-order chi connectivity index (χ0) is 13.1. The van der Waals surface area contributed by atoms with Crippen molar-refractivity contribution < 1.29 is 14.3 Å². The molecule has 0 unspecified atom stereocenters. The van der Waals surface area contributed by atoms with Gasteiger partial charge in [0.1, 0.15) is 5.75 Å². The molecule has 0 atom stereocenters. The molecule has 0 aromatic heterocycles. The number of benzene rings is 1. The first-order valence-corrected chi connectivity index (χ1v) is 5.59. The summed E-state index contributed by atoms with van der Waals surface area (Å²) in [4.78, 5) is 24.0. The minimum absolute atomic E-state index is 0.0663. The number of hydrogen-bond donors (Lipinski definition) is 2. The maximum atomic E-state index is 11.5. The number of nitrogens with two attached hydrogens (primary N) is 1. The molecular weight excluding hydrogens is 234 g/mol. The van der Waals surface area contributed by atoms with E-state index in [0.717, 1.165) is 11.1 Å². The van der Waals surface area contributed by atoms with Gasteiger partial charge in [-0.15, -0.1) is 0 Å². The van der Waals surface area contributed by atoms with Gasteiger partial charge in [0, 0.05) is 12.1 Å². The summed E-state index contributed by atoms with van der Waals surface area (Å²) in [5.74, 6) is 0.448. The van der Waals surface area contributed by atoms with Crippen molar-refractivity contribution in [3.63, 3.8) is 0 Å². The second-order valence-corrected chi connectivity index (χ2v) is 3.99. The molecule has 0 radical (unpaired) electrons. The van der Waals surface area contributed by atoms with E-state index in [9.17, 15) is 9.59 Å². The van der Waals surface area contributed by atoms with Crippen molar-refractivity contribution in [3.05, 3.63) is 29.3 Å². The zero-order valence-corrected chi connectivity index (χ0v) is 10.1. The number of ether oxygens (including phenoxy) is 1. The van der Waals surface area contributed by atoms with Crippen LogP contribution in [-0.4, -0.2) is 30.5 Å². The highest BCUT2D eigenvalue weighted by Gasteiger charge is 2.28. The Hall–Kier alpha value is -2.08. The van der Waals surface area contributed by atoms with Gasteiger partial charge in [-0.25, -0.2) is 4.79 Å². The van der Waals surface area contributed by atoms with Crippen LogP contribution in [0.25, 0.3) is 0 Å². The average Bonchev–Trinajstić information content (AvgIpc) is 2.70. The second-order valence-electron chi connectivity index (χ2n) is 3.99. The van der Waals surface area contributed by atoms with E-state index in [1.807, 2.05) is 12.1 Å². The number of nitrogens with zero attached hydrogens (tertiary/aromatic N) is 1. The molecule has 1 aliphatic heterocycles. The maximum Gasteiger partial charge on any atom is 0.324 e. The van der Waals surface area contributed by atoms with E-state index >= 15 is 0 Å². The monoisotopic (exact) mass is 249 g/mol. The molecule has 1 saturated heterocycles. The molecule has 1 aromatic carbocycles. The largest absolute Gasteiger partial charge is 0.496 e. The highest BCUT2D eigenvalue weighted by molar-refractivity contribution is 6.01. The van der Waals surface area contributed by atoms with Crippen LogP contribution in [0.2, 0.25) is 0 Å². The van der Waals surface area contributed by atoms with E-state index < -0.39 is 0 Å². The molecular formula is C12H15N3O3. The van der Waals surface area contributed by atoms with E-state index in [0.29, 0.717) is 12.3 Å². The number of urea groups is 1. The van der Waals surface area contributed by atoms with E-state index in [1.54, 1.807) is 13.2 Å². The number of imide groups is 1. The summed E-state index contributed by atoms with van der Waals surface area (Å²) in [6.07, 6.45) is 0. The van der Waals surface area contributed by atoms with Gasteiger partial charge in [-0.1, -0.05) is 12.1 Å². The molecule has 0 bridgehead atoms. The van der Waals surface area contributed by atoms with Gasteiger partial charge in [0.15, 0.2) is 0 Å². The smallest absolute Gasteiger partial charge is 0.324 e. The molecule has 2 rings (SSSR count). The van der Waals surface area contributed by atoms with Crippen LogP contribution in [0.5, 0.6) is 5.75 Å². The van der Waals surface area contributed by atoms with Crippen molar-refractivity contribution in [1.29, 1.82) is 0 Å². The summed E-state index contributed by atoms with van der Waals surface area (Å²) in [6.45, 7) is 0.690. The summed E-state index contributed by atoms with van der Waals surface area (Å²) in [7, 11) is 1.56. The number of hydrogen-bond acceptors (Lipinski definition) is 4. The highest BCUT2D eigenvalue weighted by Crippen LogP contribution is 2.21. The van der Waals surface area contributed by atoms with E-state index in [-0.39, 0.29) is 25.0 Å². The predicted octanol–water partition coefficient (Wildman–Crippen LogP) is 0.206. The van der Waals surface area contributed by atoms with Gasteiger partial charge in [-0.3, -0.25) is 9.69 Å². The zero-order valence-electron chi connectivity index (χ0n) is 10.1. The third-order valence-corrected chi connectivity index (χ3v) is 2.85. The van der Waals surface area contributed by atoms with Crippen molar-refractivity contribution in [2.24, 2.45) is 5.73 Å². The molecule has 6 heteroatoms. The molecule has 1 heterocycles. The highest BCUT2D eigenvalue weighted by atomic mass is 16.5. The molecule has 3 N–H and O–H groups in total. The first kappa shape index (κ1) is 12.4.